The number of H-pyrrole nitrogens is 1. The van der Waals surface area contributed by atoms with E-state index in [1.54, 1.807) is 0 Å². The monoisotopic (exact) mass is 177 g/mol. The summed E-state index contributed by atoms with van der Waals surface area (Å²) in [6.45, 7) is 0. The summed E-state index contributed by atoms with van der Waals surface area (Å²) < 4.78 is 0. The van der Waals surface area contributed by atoms with E-state index >= 15 is 0 Å². The van der Waals surface area contributed by atoms with E-state index in [2.05, 4.69) is 41.4 Å². The Bertz CT molecular complexity index is 428. The Kier molecular flexibility index (Phi) is 1.77. The van der Waals surface area contributed by atoms with Crippen LogP contribution in [0, 0.1) is 0 Å². The molecule has 62 valence electrons. The Hall–Kier alpha value is -1.02. The molecule has 1 heterocycles. The molecule has 0 amide bonds. The molecule has 0 aliphatic heterocycles. The van der Waals surface area contributed by atoms with Crippen LogP contribution in [-0.4, -0.2) is 17.1 Å². The number of hydrogen-bond donors (Lipinski definition) is 1. The molecule has 0 aliphatic rings. The molecule has 1 aromatic heterocycles. The smallest absolute Gasteiger partial charge is 0.0464 e. The maximum absolute atomic E-state index is 4.01. The second kappa shape index (κ2) is 2.79. The molecule has 0 aliphatic carbocycles. The second-order valence-corrected chi connectivity index (χ2v) is 4.61. The standard InChI is InChI=1S/C10H11NS/c1-12(2)9-4-3-8-5-6-11-10(8)7-9/h3-7,11H,1H2,2H3. The Morgan fingerprint density at radius 2 is 2.17 bits per heavy atom. The molecule has 1 unspecified atom stereocenters. The predicted octanol–water partition coefficient (Wildman–Crippen LogP) is 2.86. The predicted molar refractivity (Wildman–Crippen MR) is 57.2 cm³/mol. The van der Waals surface area contributed by atoms with Crippen LogP contribution >= 0.6 is 10.5 Å². The molecule has 0 saturated heterocycles. The Balaban J connectivity index is 2.68. The van der Waals surface area contributed by atoms with Crippen molar-refractivity contribution in [3.8, 4) is 0 Å². The molecule has 2 heteroatoms. The van der Waals surface area contributed by atoms with Gasteiger partial charge in [-0.3, -0.25) is 0 Å². The number of hydrogen-bond acceptors (Lipinski definition) is 0. The first-order valence-electron chi connectivity index (χ1n) is 3.80. The molecule has 0 bridgehead atoms. The SMILES string of the molecule is C=S(C)c1ccc2cc[nH]c2c1. The average molecular weight is 177 g/mol. The van der Waals surface area contributed by atoms with Crippen molar-refractivity contribution in [2.45, 2.75) is 4.90 Å². The topological polar surface area (TPSA) is 15.8 Å². The van der Waals surface area contributed by atoms with Gasteiger partial charge in [-0.05, 0) is 29.8 Å². The lowest BCUT2D eigenvalue weighted by Gasteiger charge is -1.99. The third-order valence-corrected chi connectivity index (χ3v) is 2.99. The van der Waals surface area contributed by atoms with E-state index in [9.17, 15) is 0 Å². The van der Waals surface area contributed by atoms with Gasteiger partial charge in [-0.1, -0.05) is 11.9 Å². The van der Waals surface area contributed by atoms with Crippen molar-refractivity contribution in [3.63, 3.8) is 0 Å². The van der Waals surface area contributed by atoms with Crippen LogP contribution in [0.15, 0.2) is 35.4 Å². The first-order chi connectivity index (χ1) is 5.77. The van der Waals surface area contributed by atoms with Gasteiger partial charge in [0.1, 0.15) is 0 Å². The van der Waals surface area contributed by atoms with Gasteiger partial charge < -0.3 is 4.98 Å². The Morgan fingerprint density at radius 3 is 2.92 bits per heavy atom. The van der Waals surface area contributed by atoms with E-state index in [4.69, 9.17) is 0 Å². The van der Waals surface area contributed by atoms with Gasteiger partial charge in [-0.2, -0.15) is 10.5 Å². The van der Waals surface area contributed by atoms with E-state index in [1.807, 2.05) is 6.20 Å². The molecule has 1 nitrogen and oxygen atoms in total. The number of rotatable bonds is 1. The highest BCUT2D eigenvalue weighted by Crippen LogP contribution is 2.24. The van der Waals surface area contributed by atoms with E-state index in [0.717, 1.165) is 0 Å². The minimum atomic E-state index is 0.111. The lowest BCUT2D eigenvalue weighted by atomic mass is 10.2. The molecule has 2 aromatic rings. The molecule has 0 saturated carbocycles. The second-order valence-electron chi connectivity index (χ2n) is 2.86. The van der Waals surface area contributed by atoms with Crippen molar-refractivity contribution in [2.24, 2.45) is 0 Å². The van der Waals surface area contributed by atoms with Crippen molar-refractivity contribution in [3.05, 3.63) is 30.5 Å². The molecule has 1 N–H and O–H groups in total. The van der Waals surface area contributed by atoms with Gasteiger partial charge >= 0.3 is 0 Å². The van der Waals surface area contributed by atoms with Gasteiger partial charge in [0.15, 0.2) is 0 Å². The van der Waals surface area contributed by atoms with Crippen LogP contribution in [0.1, 0.15) is 0 Å². The van der Waals surface area contributed by atoms with Gasteiger partial charge in [0.05, 0.1) is 0 Å². The van der Waals surface area contributed by atoms with Crippen LogP contribution in [0.2, 0.25) is 0 Å². The van der Waals surface area contributed by atoms with Crippen LogP contribution < -0.4 is 0 Å². The van der Waals surface area contributed by atoms with E-state index in [0.29, 0.717) is 0 Å². The Labute approximate surface area is 74.3 Å². The van der Waals surface area contributed by atoms with Crippen LogP contribution in [0.4, 0.5) is 0 Å². The number of aromatic nitrogens is 1. The zero-order chi connectivity index (χ0) is 8.55. The van der Waals surface area contributed by atoms with Crippen LogP contribution in [0.25, 0.3) is 10.9 Å². The van der Waals surface area contributed by atoms with E-state index in [-0.39, 0.29) is 10.5 Å². The molecular weight excluding hydrogens is 166 g/mol. The van der Waals surface area contributed by atoms with E-state index in [1.165, 1.54) is 15.8 Å². The molecular formula is C10H11NS. The highest BCUT2D eigenvalue weighted by molar-refractivity contribution is 8.13. The third kappa shape index (κ3) is 1.18. The molecule has 12 heavy (non-hydrogen) atoms. The van der Waals surface area contributed by atoms with Gasteiger partial charge in [-0.25, -0.2) is 0 Å². The van der Waals surface area contributed by atoms with Crippen molar-refractivity contribution in [2.75, 3.05) is 6.26 Å². The quantitative estimate of drug-likeness (QED) is 0.645. The normalized spacial score (nSPS) is 13.4. The summed E-state index contributed by atoms with van der Waals surface area (Å²) in [5.74, 6) is 4.01. The molecule has 1 atom stereocenters. The molecule has 0 spiro atoms. The fourth-order valence-electron chi connectivity index (χ4n) is 1.24. The van der Waals surface area contributed by atoms with Crippen molar-refractivity contribution in [1.82, 2.24) is 4.98 Å². The number of benzene rings is 1. The van der Waals surface area contributed by atoms with Gasteiger partial charge in [0.25, 0.3) is 0 Å². The fourth-order valence-corrected chi connectivity index (χ4v) is 1.86. The first-order valence-corrected chi connectivity index (χ1v) is 5.60. The lowest BCUT2D eigenvalue weighted by molar-refractivity contribution is 1.43. The van der Waals surface area contributed by atoms with Crippen LogP contribution in [0.3, 0.4) is 0 Å². The summed E-state index contributed by atoms with van der Waals surface area (Å²) >= 11 is 0. The average Bonchev–Trinajstić information content (AvgIpc) is 2.49. The maximum atomic E-state index is 4.01. The minimum Gasteiger partial charge on any atom is -0.361 e. The maximum Gasteiger partial charge on any atom is 0.0464 e. The molecule has 0 fully saturated rings. The van der Waals surface area contributed by atoms with E-state index < -0.39 is 0 Å². The Morgan fingerprint density at radius 1 is 1.33 bits per heavy atom. The van der Waals surface area contributed by atoms with Crippen LogP contribution in [0.5, 0.6) is 0 Å². The number of nitrogens with one attached hydrogen (secondary N) is 1. The van der Waals surface area contributed by atoms with Crippen molar-refractivity contribution < 1.29 is 0 Å². The summed E-state index contributed by atoms with van der Waals surface area (Å²) in [6, 6.07) is 8.53. The molecule has 0 radical (unpaired) electrons. The van der Waals surface area contributed by atoms with Gasteiger partial charge in [0, 0.05) is 16.6 Å². The van der Waals surface area contributed by atoms with Crippen molar-refractivity contribution >= 4 is 27.3 Å². The minimum absolute atomic E-state index is 0.111. The molecule has 2 rings (SSSR count). The van der Waals surface area contributed by atoms with Gasteiger partial charge in [0.2, 0.25) is 0 Å². The lowest BCUT2D eigenvalue weighted by Crippen LogP contribution is -1.73. The van der Waals surface area contributed by atoms with Crippen molar-refractivity contribution in [1.29, 1.82) is 0 Å². The summed E-state index contributed by atoms with van der Waals surface area (Å²) in [6.07, 6.45) is 4.09. The highest BCUT2D eigenvalue weighted by atomic mass is 32.2. The summed E-state index contributed by atoms with van der Waals surface area (Å²) in [7, 11) is 0.111. The summed E-state index contributed by atoms with van der Waals surface area (Å²) in [5.41, 5.74) is 1.20. The number of aromatic amines is 1. The fraction of sp³-hybridized carbons (Fsp3) is 0.100. The number of fused-ring (bicyclic) bond motifs is 1. The zero-order valence-electron chi connectivity index (χ0n) is 7.00. The summed E-state index contributed by atoms with van der Waals surface area (Å²) in [5, 5.41) is 1.27. The van der Waals surface area contributed by atoms with Gasteiger partial charge in [-0.15, -0.1) is 0 Å². The highest BCUT2D eigenvalue weighted by Gasteiger charge is 1.95. The summed E-state index contributed by atoms with van der Waals surface area (Å²) in [4.78, 5) is 4.50. The third-order valence-electron chi connectivity index (χ3n) is 1.93. The van der Waals surface area contributed by atoms with Crippen LogP contribution in [-0.2, 0) is 0 Å². The largest absolute Gasteiger partial charge is 0.361 e. The zero-order valence-corrected chi connectivity index (χ0v) is 7.82. The first kappa shape index (κ1) is 7.62. The molecule has 1 aromatic carbocycles.